The summed E-state index contributed by atoms with van der Waals surface area (Å²) in [6.07, 6.45) is -4.53. The van der Waals surface area contributed by atoms with E-state index in [2.05, 4.69) is 0 Å². The molecule has 0 heterocycles. The zero-order chi connectivity index (χ0) is 13.1. The van der Waals surface area contributed by atoms with E-state index in [9.17, 15) is 13.2 Å². The molecule has 1 aromatic rings. The highest BCUT2D eigenvalue weighted by molar-refractivity contribution is 5.37. The van der Waals surface area contributed by atoms with Crippen LogP contribution in [0.4, 0.5) is 13.2 Å². The van der Waals surface area contributed by atoms with Crippen LogP contribution in [0, 0.1) is 0 Å². The summed E-state index contributed by atoms with van der Waals surface area (Å²) in [7, 11) is 0. The Kier molecular flexibility index (Phi) is 4.54. The van der Waals surface area contributed by atoms with Crippen LogP contribution in [0.2, 0.25) is 0 Å². The lowest BCUT2D eigenvalue weighted by Crippen LogP contribution is -2.14. The lowest BCUT2D eigenvalue weighted by molar-refractivity contribution is -0.138. The zero-order valence-electron chi connectivity index (χ0n) is 9.59. The Morgan fingerprint density at radius 1 is 1.35 bits per heavy atom. The molecule has 0 aliphatic rings. The molecule has 1 aromatic carbocycles. The maximum Gasteiger partial charge on any atom is 0.416 e. The Hall–Kier alpha value is -1.07. The molecule has 0 aliphatic carbocycles. The Labute approximate surface area is 98.3 Å². The van der Waals surface area contributed by atoms with E-state index in [1.807, 2.05) is 0 Å². The molecule has 0 spiro atoms. The van der Waals surface area contributed by atoms with Crippen LogP contribution in [0.5, 0.6) is 0 Å². The summed E-state index contributed by atoms with van der Waals surface area (Å²) in [6, 6.07) is 4.00. The van der Waals surface area contributed by atoms with Crippen LogP contribution < -0.4 is 5.73 Å². The Bertz CT molecular complexity index is 375. The summed E-state index contributed by atoms with van der Waals surface area (Å²) >= 11 is 0. The highest BCUT2D eigenvalue weighted by Crippen LogP contribution is 2.34. The van der Waals surface area contributed by atoms with Crippen LogP contribution in [-0.2, 0) is 19.1 Å². The van der Waals surface area contributed by atoms with E-state index in [0.717, 1.165) is 6.07 Å². The molecule has 1 atom stereocenters. The lowest BCUT2D eigenvalue weighted by Gasteiger charge is -2.16. The van der Waals surface area contributed by atoms with Crippen LogP contribution in [0.25, 0.3) is 0 Å². The number of halogens is 3. The van der Waals surface area contributed by atoms with E-state index in [-0.39, 0.29) is 18.5 Å². The summed E-state index contributed by atoms with van der Waals surface area (Å²) < 4.78 is 38.4. The average Bonchev–Trinajstić information content (AvgIpc) is 2.24. The molecule has 2 nitrogen and oxygen atoms in total. The third-order valence-corrected chi connectivity index (χ3v) is 2.61. The van der Waals surface area contributed by atoms with Crippen molar-refractivity contribution in [1.82, 2.24) is 0 Å². The Morgan fingerprint density at radius 2 is 2.00 bits per heavy atom. The molecule has 3 N–H and O–H groups in total. The molecule has 0 aromatic heterocycles. The Morgan fingerprint density at radius 3 is 2.47 bits per heavy atom. The largest absolute Gasteiger partial charge is 0.416 e. The minimum atomic E-state index is -4.38. The maximum atomic E-state index is 12.8. The second-order valence-electron chi connectivity index (χ2n) is 4.03. The first kappa shape index (κ1) is 14.0. The molecule has 0 bridgehead atoms. The molecule has 1 rings (SSSR count). The lowest BCUT2D eigenvalue weighted by atomic mass is 9.95. The highest BCUT2D eigenvalue weighted by Gasteiger charge is 2.33. The van der Waals surface area contributed by atoms with Crippen LogP contribution in [0.15, 0.2) is 18.2 Å². The van der Waals surface area contributed by atoms with Gasteiger partial charge in [-0.05, 0) is 37.0 Å². The van der Waals surface area contributed by atoms with Gasteiger partial charge in [-0.1, -0.05) is 12.1 Å². The van der Waals surface area contributed by atoms with Crippen molar-refractivity contribution in [2.24, 2.45) is 5.73 Å². The average molecular weight is 247 g/mol. The van der Waals surface area contributed by atoms with Gasteiger partial charge in [0.15, 0.2) is 0 Å². The predicted molar refractivity (Wildman–Crippen MR) is 59.3 cm³/mol. The molecular weight excluding hydrogens is 231 g/mol. The van der Waals surface area contributed by atoms with Crippen molar-refractivity contribution in [3.8, 4) is 0 Å². The van der Waals surface area contributed by atoms with Gasteiger partial charge in [0.05, 0.1) is 11.7 Å². The number of rotatable bonds is 4. The van der Waals surface area contributed by atoms with Crippen LogP contribution >= 0.6 is 0 Å². The minimum absolute atomic E-state index is 0.0685. The van der Waals surface area contributed by atoms with Gasteiger partial charge in [-0.15, -0.1) is 0 Å². The normalized spacial score (nSPS) is 13.8. The van der Waals surface area contributed by atoms with Crippen molar-refractivity contribution in [3.63, 3.8) is 0 Å². The van der Waals surface area contributed by atoms with Crippen molar-refractivity contribution in [3.05, 3.63) is 34.9 Å². The first-order valence-electron chi connectivity index (χ1n) is 5.42. The Balaban J connectivity index is 3.12. The van der Waals surface area contributed by atoms with Crippen molar-refractivity contribution in [1.29, 1.82) is 0 Å². The molecule has 1 unspecified atom stereocenters. The van der Waals surface area contributed by atoms with Gasteiger partial charge >= 0.3 is 6.18 Å². The quantitative estimate of drug-likeness (QED) is 0.858. The van der Waals surface area contributed by atoms with Gasteiger partial charge in [-0.3, -0.25) is 0 Å². The molecule has 5 heteroatoms. The fourth-order valence-electron chi connectivity index (χ4n) is 1.74. The van der Waals surface area contributed by atoms with E-state index in [1.165, 1.54) is 6.07 Å². The number of aliphatic hydroxyl groups excluding tert-OH is 1. The summed E-state index contributed by atoms with van der Waals surface area (Å²) in [5.41, 5.74) is 5.47. The smallest absolute Gasteiger partial charge is 0.393 e. The number of benzene rings is 1. The van der Waals surface area contributed by atoms with E-state index < -0.39 is 17.8 Å². The minimum Gasteiger partial charge on any atom is -0.393 e. The van der Waals surface area contributed by atoms with E-state index in [0.29, 0.717) is 12.0 Å². The van der Waals surface area contributed by atoms with Crippen molar-refractivity contribution >= 4 is 0 Å². The molecule has 0 radical (unpaired) electrons. The van der Waals surface area contributed by atoms with Gasteiger partial charge in [-0.2, -0.15) is 13.2 Å². The standard InChI is InChI=1S/C12H16F3NO/c1-8(17)5-6-10-9(7-16)3-2-4-11(10)12(13,14)15/h2-4,8,17H,5-7,16H2,1H3. The zero-order valence-corrected chi connectivity index (χ0v) is 9.59. The van der Waals surface area contributed by atoms with Crippen molar-refractivity contribution in [2.75, 3.05) is 0 Å². The fraction of sp³-hybridized carbons (Fsp3) is 0.500. The molecule has 0 saturated heterocycles. The van der Waals surface area contributed by atoms with Crippen molar-refractivity contribution in [2.45, 2.75) is 38.6 Å². The number of nitrogens with two attached hydrogens (primary N) is 1. The number of alkyl halides is 3. The molecule has 17 heavy (non-hydrogen) atoms. The number of hydrogen-bond donors (Lipinski definition) is 2. The third kappa shape index (κ3) is 3.71. The first-order valence-corrected chi connectivity index (χ1v) is 5.42. The first-order chi connectivity index (χ1) is 7.86. The molecule has 96 valence electrons. The third-order valence-electron chi connectivity index (χ3n) is 2.61. The molecule has 0 saturated carbocycles. The van der Waals surface area contributed by atoms with Crippen LogP contribution in [-0.4, -0.2) is 11.2 Å². The molecule has 0 fully saturated rings. The van der Waals surface area contributed by atoms with Gasteiger partial charge in [0.25, 0.3) is 0 Å². The van der Waals surface area contributed by atoms with E-state index >= 15 is 0 Å². The van der Waals surface area contributed by atoms with E-state index in [4.69, 9.17) is 10.8 Å². The summed E-state index contributed by atoms with van der Waals surface area (Å²) in [4.78, 5) is 0. The van der Waals surface area contributed by atoms with Gasteiger partial charge in [-0.25, -0.2) is 0 Å². The predicted octanol–water partition coefficient (Wildman–Crippen LogP) is 2.48. The number of hydrogen-bond acceptors (Lipinski definition) is 2. The van der Waals surface area contributed by atoms with Gasteiger partial charge in [0.2, 0.25) is 0 Å². The number of aliphatic hydroxyl groups is 1. The van der Waals surface area contributed by atoms with Gasteiger partial charge in [0, 0.05) is 6.54 Å². The summed E-state index contributed by atoms with van der Waals surface area (Å²) in [6.45, 7) is 1.62. The summed E-state index contributed by atoms with van der Waals surface area (Å²) in [5, 5.41) is 9.16. The second-order valence-corrected chi connectivity index (χ2v) is 4.03. The fourth-order valence-corrected chi connectivity index (χ4v) is 1.74. The molecule has 0 aliphatic heterocycles. The topological polar surface area (TPSA) is 46.2 Å². The van der Waals surface area contributed by atoms with Gasteiger partial charge in [0.1, 0.15) is 0 Å². The maximum absolute atomic E-state index is 12.8. The second kappa shape index (κ2) is 5.51. The SMILES string of the molecule is CC(O)CCc1c(CN)cccc1C(F)(F)F. The van der Waals surface area contributed by atoms with Crippen LogP contribution in [0.3, 0.4) is 0 Å². The highest BCUT2D eigenvalue weighted by atomic mass is 19.4. The van der Waals surface area contributed by atoms with Crippen molar-refractivity contribution < 1.29 is 18.3 Å². The van der Waals surface area contributed by atoms with Crippen LogP contribution in [0.1, 0.15) is 30.0 Å². The molecule has 0 amide bonds. The monoisotopic (exact) mass is 247 g/mol. The molecular formula is C12H16F3NO. The summed E-state index contributed by atoms with van der Waals surface area (Å²) in [5.74, 6) is 0. The van der Waals surface area contributed by atoms with Gasteiger partial charge < -0.3 is 10.8 Å². The van der Waals surface area contributed by atoms with E-state index in [1.54, 1.807) is 13.0 Å².